The van der Waals surface area contributed by atoms with Gasteiger partial charge in [-0.1, -0.05) is 22.0 Å². The number of aryl methyl sites for hydroxylation is 4. The summed E-state index contributed by atoms with van der Waals surface area (Å²) < 4.78 is 2.82. The highest BCUT2D eigenvalue weighted by molar-refractivity contribution is 9.10. The Morgan fingerprint density at radius 1 is 1.07 bits per heavy atom. The molecule has 156 valence electrons. The van der Waals surface area contributed by atoms with Crippen LogP contribution in [0.15, 0.2) is 51.9 Å². The van der Waals surface area contributed by atoms with Crippen molar-refractivity contribution in [2.24, 2.45) is 12.0 Å². The molecule has 0 atom stereocenters. The lowest BCUT2D eigenvalue weighted by Gasteiger charge is -2.13. The summed E-state index contributed by atoms with van der Waals surface area (Å²) in [5, 5.41) is 10.6. The fourth-order valence-corrected chi connectivity index (χ4v) is 3.31. The van der Waals surface area contributed by atoms with Crippen LogP contribution in [0.4, 0.5) is 5.69 Å². The second-order valence-corrected chi connectivity index (χ2v) is 8.24. The Hall–Kier alpha value is -2.93. The molecule has 0 unspecified atom stereocenters. The van der Waals surface area contributed by atoms with Gasteiger partial charge in [-0.25, -0.2) is 4.99 Å². The molecule has 7 heteroatoms. The highest BCUT2D eigenvalue weighted by atomic mass is 79.9. The molecule has 0 aliphatic rings. The van der Waals surface area contributed by atoms with Crippen LogP contribution in [0.5, 0.6) is 0 Å². The van der Waals surface area contributed by atoms with Crippen LogP contribution in [0, 0.1) is 27.7 Å². The molecular weight excluding hydrogens is 442 g/mol. The third kappa shape index (κ3) is 5.16. The van der Waals surface area contributed by atoms with E-state index in [0.717, 1.165) is 38.2 Å². The molecule has 3 aromatic rings. The minimum atomic E-state index is -0.207. The molecule has 0 saturated heterocycles. The number of hydrogen-bond acceptors (Lipinski definition) is 3. The van der Waals surface area contributed by atoms with Crippen molar-refractivity contribution < 1.29 is 4.79 Å². The summed E-state index contributed by atoms with van der Waals surface area (Å²) in [6, 6.07) is 13.4. The summed E-state index contributed by atoms with van der Waals surface area (Å²) in [5.41, 5.74) is 6.68. The van der Waals surface area contributed by atoms with Crippen LogP contribution in [0.1, 0.15) is 38.4 Å². The quantitative estimate of drug-likeness (QED) is 0.426. The van der Waals surface area contributed by atoms with E-state index in [4.69, 9.17) is 0 Å². The summed E-state index contributed by atoms with van der Waals surface area (Å²) in [6.07, 6.45) is 0. The van der Waals surface area contributed by atoms with E-state index in [-0.39, 0.29) is 5.91 Å². The number of nitrogens with one attached hydrogen (secondary N) is 2. The van der Waals surface area contributed by atoms with Crippen molar-refractivity contribution in [3.05, 3.63) is 80.6 Å². The van der Waals surface area contributed by atoms with Crippen LogP contribution in [-0.4, -0.2) is 21.6 Å². The van der Waals surface area contributed by atoms with Gasteiger partial charge in [0.1, 0.15) is 0 Å². The maximum atomic E-state index is 12.9. The topological polar surface area (TPSA) is 71.3 Å². The minimum Gasteiger partial charge on any atom is -0.326 e. The summed E-state index contributed by atoms with van der Waals surface area (Å²) in [6.45, 7) is 8.41. The number of benzene rings is 2. The minimum absolute atomic E-state index is 0.207. The first kappa shape index (κ1) is 21.8. The standard InChI is InChI=1S/C23H26BrN5O/c1-14-6-7-18(12-15(14)2)22(30)27-23(26-20-10-8-19(24)9-11-20)25-13-21-16(3)28-29(5)17(21)4/h6-12H,13H2,1-5H3,(H2,25,26,27,30). The molecule has 0 aliphatic heterocycles. The summed E-state index contributed by atoms with van der Waals surface area (Å²) in [4.78, 5) is 17.5. The smallest absolute Gasteiger partial charge is 0.257 e. The lowest BCUT2D eigenvalue weighted by atomic mass is 10.1. The Labute approximate surface area is 185 Å². The number of halogens is 1. The van der Waals surface area contributed by atoms with E-state index in [1.165, 1.54) is 0 Å². The predicted molar refractivity (Wildman–Crippen MR) is 125 cm³/mol. The van der Waals surface area contributed by atoms with Gasteiger partial charge in [0.05, 0.1) is 12.2 Å². The lowest BCUT2D eigenvalue weighted by molar-refractivity contribution is 0.0977. The van der Waals surface area contributed by atoms with Crippen LogP contribution in [0.25, 0.3) is 0 Å². The van der Waals surface area contributed by atoms with E-state index in [2.05, 4.69) is 36.7 Å². The molecule has 0 fully saturated rings. The first-order valence-electron chi connectivity index (χ1n) is 9.69. The first-order chi connectivity index (χ1) is 14.2. The summed E-state index contributed by atoms with van der Waals surface area (Å²) in [5.74, 6) is 0.185. The van der Waals surface area contributed by atoms with Gasteiger partial charge in [0.15, 0.2) is 0 Å². The highest BCUT2D eigenvalue weighted by Gasteiger charge is 2.13. The van der Waals surface area contributed by atoms with Gasteiger partial charge in [-0.05, 0) is 75.2 Å². The second kappa shape index (κ2) is 9.26. The average molecular weight is 468 g/mol. The molecule has 3 rings (SSSR count). The number of guanidine groups is 1. The van der Waals surface area contributed by atoms with Crippen LogP contribution in [-0.2, 0) is 13.6 Å². The van der Waals surface area contributed by atoms with Crippen molar-refractivity contribution in [3.63, 3.8) is 0 Å². The first-order valence-corrected chi connectivity index (χ1v) is 10.5. The van der Waals surface area contributed by atoms with Gasteiger partial charge in [0.25, 0.3) is 5.91 Å². The van der Waals surface area contributed by atoms with E-state index >= 15 is 0 Å². The van der Waals surface area contributed by atoms with E-state index in [1.807, 2.05) is 81.9 Å². The number of hydrogen-bond donors (Lipinski definition) is 2. The van der Waals surface area contributed by atoms with Crippen LogP contribution < -0.4 is 10.6 Å². The van der Waals surface area contributed by atoms with Crippen LogP contribution in [0.2, 0.25) is 0 Å². The van der Waals surface area contributed by atoms with Crippen LogP contribution in [0.3, 0.4) is 0 Å². The van der Waals surface area contributed by atoms with Crippen molar-refractivity contribution >= 4 is 33.5 Å². The molecule has 1 heterocycles. The number of anilines is 1. The number of aromatic nitrogens is 2. The largest absolute Gasteiger partial charge is 0.326 e. The Morgan fingerprint density at radius 3 is 2.37 bits per heavy atom. The summed E-state index contributed by atoms with van der Waals surface area (Å²) in [7, 11) is 1.91. The molecule has 1 amide bonds. The monoisotopic (exact) mass is 467 g/mol. The fourth-order valence-electron chi connectivity index (χ4n) is 3.05. The molecule has 0 spiro atoms. The van der Waals surface area contributed by atoms with Gasteiger partial charge < -0.3 is 5.32 Å². The van der Waals surface area contributed by atoms with Crippen molar-refractivity contribution in [1.82, 2.24) is 15.1 Å². The number of amides is 1. The molecule has 0 saturated carbocycles. The summed E-state index contributed by atoms with van der Waals surface area (Å²) >= 11 is 3.44. The molecule has 1 aromatic heterocycles. The van der Waals surface area contributed by atoms with Gasteiger partial charge in [-0.15, -0.1) is 0 Å². The zero-order chi connectivity index (χ0) is 21.8. The Kier molecular flexibility index (Phi) is 6.72. The number of carbonyl (C=O) groups excluding carboxylic acids is 1. The average Bonchev–Trinajstić information content (AvgIpc) is 2.95. The molecule has 0 radical (unpaired) electrons. The van der Waals surface area contributed by atoms with Crippen molar-refractivity contribution in [2.45, 2.75) is 34.2 Å². The molecular formula is C23H26BrN5O. The van der Waals surface area contributed by atoms with E-state index < -0.39 is 0 Å². The number of aliphatic imine (C=N–C) groups is 1. The molecule has 2 aromatic carbocycles. The van der Waals surface area contributed by atoms with Gasteiger partial charge in [-0.2, -0.15) is 5.10 Å². The normalized spacial score (nSPS) is 11.5. The zero-order valence-electron chi connectivity index (χ0n) is 17.9. The Bertz CT molecular complexity index is 1100. The third-order valence-electron chi connectivity index (χ3n) is 5.16. The van der Waals surface area contributed by atoms with E-state index in [1.54, 1.807) is 0 Å². The zero-order valence-corrected chi connectivity index (χ0v) is 19.5. The molecule has 0 bridgehead atoms. The van der Waals surface area contributed by atoms with Crippen molar-refractivity contribution in [3.8, 4) is 0 Å². The number of nitrogens with zero attached hydrogens (tertiary/aromatic N) is 3. The Morgan fingerprint density at radius 2 is 1.77 bits per heavy atom. The molecule has 6 nitrogen and oxygen atoms in total. The fraction of sp³-hybridized carbons (Fsp3) is 0.261. The predicted octanol–water partition coefficient (Wildman–Crippen LogP) is 4.81. The van der Waals surface area contributed by atoms with E-state index in [0.29, 0.717) is 18.1 Å². The lowest BCUT2D eigenvalue weighted by Crippen LogP contribution is -2.36. The maximum Gasteiger partial charge on any atom is 0.257 e. The van der Waals surface area contributed by atoms with Crippen LogP contribution >= 0.6 is 15.9 Å². The maximum absolute atomic E-state index is 12.9. The van der Waals surface area contributed by atoms with Crippen molar-refractivity contribution in [1.29, 1.82) is 0 Å². The highest BCUT2D eigenvalue weighted by Crippen LogP contribution is 2.16. The van der Waals surface area contributed by atoms with Gasteiger partial charge in [-0.3, -0.25) is 14.8 Å². The number of rotatable bonds is 4. The number of carbonyl (C=O) groups is 1. The Balaban J connectivity index is 1.86. The van der Waals surface area contributed by atoms with Gasteiger partial charge in [0, 0.05) is 34.0 Å². The third-order valence-corrected chi connectivity index (χ3v) is 5.69. The molecule has 2 N–H and O–H groups in total. The van der Waals surface area contributed by atoms with Gasteiger partial charge in [0.2, 0.25) is 5.96 Å². The van der Waals surface area contributed by atoms with Crippen molar-refractivity contribution in [2.75, 3.05) is 5.32 Å². The van der Waals surface area contributed by atoms with Gasteiger partial charge >= 0.3 is 0 Å². The molecule has 0 aliphatic carbocycles. The second-order valence-electron chi connectivity index (χ2n) is 7.32. The molecule has 30 heavy (non-hydrogen) atoms. The van der Waals surface area contributed by atoms with E-state index in [9.17, 15) is 4.79 Å². The SMILES string of the molecule is Cc1ccc(C(=O)NC(=NCc2c(C)nn(C)c2C)Nc2ccc(Br)cc2)cc1C.